The van der Waals surface area contributed by atoms with Crippen molar-refractivity contribution in [2.75, 3.05) is 26.2 Å². The third-order valence-corrected chi connectivity index (χ3v) is 6.23. The van der Waals surface area contributed by atoms with Gasteiger partial charge in [0.2, 0.25) is 0 Å². The molecular weight excluding hydrogens is 394 g/mol. The van der Waals surface area contributed by atoms with E-state index in [1.165, 1.54) is 0 Å². The van der Waals surface area contributed by atoms with Gasteiger partial charge in [-0.1, -0.05) is 42.5 Å². The maximum Gasteiger partial charge on any atom is 0.274 e. The van der Waals surface area contributed by atoms with E-state index in [0.29, 0.717) is 18.8 Å². The average molecular weight is 416 g/mol. The van der Waals surface area contributed by atoms with Gasteiger partial charge in [-0.2, -0.15) is 0 Å². The van der Waals surface area contributed by atoms with E-state index in [0.717, 1.165) is 46.9 Å². The van der Waals surface area contributed by atoms with Gasteiger partial charge in [0.25, 0.3) is 5.91 Å². The first-order valence-corrected chi connectivity index (χ1v) is 10.9. The van der Waals surface area contributed by atoms with Crippen LogP contribution in [0.5, 0.6) is 0 Å². The Kier molecular flexibility index (Phi) is 5.21. The molecule has 7 heteroatoms. The van der Waals surface area contributed by atoms with Crippen LogP contribution in [0.2, 0.25) is 0 Å². The number of amides is 1. The van der Waals surface area contributed by atoms with E-state index in [4.69, 9.17) is 4.98 Å². The Morgan fingerprint density at radius 1 is 0.900 bits per heavy atom. The van der Waals surface area contributed by atoms with Gasteiger partial charge in [0.1, 0.15) is 10.7 Å². The molecule has 30 heavy (non-hydrogen) atoms. The minimum Gasteiger partial charge on any atom is -0.335 e. The van der Waals surface area contributed by atoms with Crippen LogP contribution in [-0.4, -0.2) is 56.8 Å². The standard InChI is InChI=1S/C23H21N5OS/c29-23(21-14-24-19-8-4-5-9-20(19)26-21)28-12-10-27(11-13-28)15-18-16-30-22(25-18)17-6-2-1-3-7-17/h1-9,14,16H,10-13,15H2. The molecule has 0 saturated carbocycles. The number of benzene rings is 2. The molecule has 0 bridgehead atoms. The highest BCUT2D eigenvalue weighted by atomic mass is 32.1. The summed E-state index contributed by atoms with van der Waals surface area (Å²) in [6.07, 6.45) is 1.58. The molecule has 1 aliphatic rings. The number of rotatable bonds is 4. The number of carbonyl (C=O) groups is 1. The van der Waals surface area contributed by atoms with Crippen molar-refractivity contribution in [1.29, 1.82) is 0 Å². The smallest absolute Gasteiger partial charge is 0.274 e. The first-order valence-electron chi connectivity index (χ1n) is 9.99. The quantitative estimate of drug-likeness (QED) is 0.508. The van der Waals surface area contributed by atoms with Crippen LogP contribution in [-0.2, 0) is 6.54 Å². The third kappa shape index (κ3) is 3.94. The van der Waals surface area contributed by atoms with Crippen molar-refractivity contribution in [3.05, 3.63) is 77.6 Å². The van der Waals surface area contributed by atoms with Gasteiger partial charge in [-0.3, -0.25) is 14.7 Å². The van der Waals surface area contributed by atoms with E-state index >= 15 is 0 Å². The Labute approximate surface area is 178 Å². The molecule has 2 aromatic carbocycles. The molecule has 150 valence electrons. The highest BCUT2D eigenvalue weighted by Gasteiger charge is 2.24. The lowest BCUT2D eigenvalue weighted by molar-refractivity contribution is 0.0621. The molecule has 1 saturated heterocycles. The molecule has 3 heterocycles. The van der Waals surface area contributed by atoms with Crippen LogP contribution < -0.4 is 0 Å². The summed E-state index contributed by atoms with van der Waals surface area (Å²) in [4.78, 5) is 30.7. The van der Waals surface area contributed by atoms with Crippen molar-refractivity contribution in [1.82, 2.24) is 24.8 Å². The van der Waals surface area contributed by atoms with Crippen LogP contribution in [0.25, 0.3) is 21.6 Å². The Morgan fingerprint density at radius 3 is 2.43 bits per heavy atom. The van der Waals surface area contributed by atoms with Crippen LogP contribution in [0.4, 0.5) is 0 Å². The second-order valence-electron chi connectivity index (χ2n) is 7.32. The van der Waals surface area contributed by atoms with Gasteiger partial charge in [0.05, 0.1) is 22.9 Å². The Morgan fingerprint density at radius 2 is 1.63 bits per heavy atom. The summed E-state index contributed by atoms with van der Waals surface area (Å²) in [6, 6.07) is 17.9. The fourth-order valence-electron chi connectivity index (χ4n) is 3.65. The van der Waals surface area contributed by atoms with Crippen molar-refractivity contribution in [3.8, 4) is 10.6 Å². The molecule has 4 aromatic rings. The van der Waals surface area contributed by atoms with Crippen LogP contribution in [0.15, 0.2) is 66.2 Å². The van der Waals surface area contributed by atoms with Gasteiger partial charge in [0.15, 0.2) is 0 Å². The molecule has 0 radical (unpaired) electrons. The zero-order valence-corrected chi connectivity index (χ0v) is 17.3. The number of nitrogens with zero attached hydrogens (tertiary/aromatic N) is 5. The molecule has 2 aromatic heterocycles. The zero-order valence-electron chi connectivity index (χ0n) is 16.4. The van der Waals surface area contributed by atoms with Crippen molar-refractivity contribution < 1.29 is 4.79 Å². The monoisotopic (exact) mass is 415 g/mol. The highest BCUT2D eigenvalue weighted by Crippen LogP contribution is 2.24. The first-order chi connectivity index (χ1) is 14.8. The lowest BCUT2D eigenvalue weighted by atomic mass is 10.2. The molecule has 5 rings (SSSR count). The minimum absolute atomic E-state index is 0.0482. The normalized spacial score (nSPS) is 14.9. The fourth-order valence-corrected chi connectivity index (χ4v) is 4.47. The first kappa shape index (κ1) is 18.8. The summed E-state index contributed by atoms with van der Waals surface area (Å²) in [5.41, 5.74) is 4.20. The van der Waals surface area contributed by atoms with Crippen molar-refractivity contribution in [2.45, 2.75) is 6.54 Å². The van der Waals surface area contributed by atoms with Crippen LogP contribution in [0, 0.1) is 0 Å². The third-order valence-electron chi connectivity index (χ3n) is 5.29. The van der Waals surface area contributed by atoms with E-state index in [-0.39, 0.29) is 5.91 Å². The van der Waals surface area contributed by atoms with Gasteiger partial charge < -0.3 is 4.90 Å². The van der Waals surface area contributed by atoms with Crippen molar-refractivity contribution in [2.24, 2.45) is 0 Å². The number of aromatic nitrogens is 3. The number of hydrogen-bond acceptors (Lipinski definition) is 6. The summed E-state index contributed by atoms with van der Waals surface area (Å²) in [7, 11) is 0. The molecule has 1 aliphatic heterocycles. The van der Waals surface area contributed by atoms with Crippen LogP contribution in [0.1, 0.15) is 16.2 Å². The molecule has 0 N–H and O–H groups in total. The number of carbonyl (C=O) groups excluding carboxylic acids is 1. The van der Waals surface area contributed by atoms with E-state index in [1.807, 2.05) is 47.4 Å². The van der Waals surface area contributed by atoms with Crippen LogP contribution in [0.3, 0.4) is 0 Å². The van der Waals surface area contributed by atoms with Gasteiger partial charge in [0, 0.05) is 43.7 Å². The van der Waals surface area contributed by atoms with Gasteiger partial charge in [-0.25, -0.2) is 9.97 Å². The lowest BCUT2D eigenvalue weighted by Gasteiger charge is -2.34. The van der Waals surface area contributed by atoms with E-state index in [1.54, 1.807) is 17.5 Å². The molecule has 0 unspecified atom stereocenters. The fraction of sp³-hybridized carbons (Fsp3) is 0.217. The van der Waals surface area contributed by atoms with Gasteiger partial charge in [-0.05, 0) is 12.1 Å². The summed E-state index contributed by atoms with van der Waals surface area (Å²) < 4.78 is 0. The number of thiazole rings is 1. The summed E-state index contributed by atoms with van der Waals surface area (Å²) >= 11 is 1.68. The molecule has 1 amide bonds. The van der Waals surface area contributed by atoms with Crippen molar-refractivity contribution in [3.63, 3.8) is 0 Å². The largest absolute Gasteiger partial charge is 0.335 e. The molecule has 0 aliphatic carbocycles. The summed E-state index contributed by atoms with van der Waals surface area (Å²) in [6.45, 7) is 3.82. The minimum atomic E-state index is -0.0482. The molecule has 0 atom stereocenters. The van der Waals surface area contributed by atoms with Gasteiger partial charge in [-0.15, -0.1) is 11.3 Å². The molecular formula is C23H21N5OS. The maximum atomic E-state index is 12.9. The van der Waals surface area contributed by atoms with E-state index in [2.05, 4.69) is 32.4 Å². The number of hydrogen-bond donors (Lipinski definition) is 0. The maximum absolute atomic E-state index is 12.9. The molecule has 6 nitrogen and oxygen atoms in total. The topological polar surface area (TPSA) is 62.2 Å². The number of fused-ring (bicyclic) bond motifs is 1. The highest BCUT2D eigenvalue weighted by molar-refractivity contribution is 7.13. The van der Waals surface area contributed by atoms with Crippen molar-refractivity contribution >= 4 is 28.3 Å². The Bertz CT molecular complexity index is 1170. The summed E-state index contributed by atoms with van der Waals surface area (Å²) in [5, 5.41) is 3.18. The predicted molar refractivity (Wildman–Crippen MR) is 118 cm³/mol. The zero-order chi connectivity index (χ0) is 20.3. The van der Waals surface area contributed by atoms with Crippen LogP contribution >= 0.6 is 11.3 Å². The SMILES string of the molecule is O=C(c1cnc2ccccc2n1)N1CCN(Cc2csc(-c3ccccc3)n2)CC1. The van der Waals surface area contributed by atoms with E-state index in [9.17, 15) is 4.79 Å². The molecule has 0 spiro atoms. The lowest BCUT2D eigenvalue weighted by Crippen LogP contribution is -2.48. The number of para-hydroxylation sites is 2. The molecule has 1 fully saturated rings. The Balaban J connectivity index is 1.20. The predicted octanol–water partition coefficient (Wildman–Crippen LogP) is 3.71. The van der Waals surface area contributed by atoms with E-state index < -0.39 is 0 Å². The second kappa shape index (κ2) is 8.30. The Hall–Kier alpha value is -3.16. The second-order valence-corrected chi connectivity index (χ2v) is 8.18. The average Bonchev–Trinajstić information content (AvgIpc) is 3.28. The summed E-state index contributed by atoms with van der Waals surface area (Å²) in [5.74, 6) is -0.0482. The number of piperazine rings is 1. The van der Waals surface area contributed by atoms with Gasteiger partial charge >= 0.3 is 0 Å².